The summed E-state index contributed by atoms with van der Waals surface area (Å²) in [4.78, 5) is 41.7. The number of benzene rings is 1. The van der Waals surface area contributed by atoms with Gasteiger partial charge in [0.25, 0.3) is 0 Å². The minimum absolute atomic E-state index is 0.125. The maximum Gasteiger partial charge on any atom is 0.586 e. The van der Waals surface area contributed by atoms with Gasteiger partial charge in [0.05, 0.1) is 12.0 Å². The number of pyridine rings is 1. The standard InChI is InChI=1S/C21H18ClF2N3O6/c1-10(12-3-4-14-15(7-12)33-21(23,24)32-14)26-17(28)9-27-18(20(30)31)13(19(27)29)6-11-2-5-16(22)25-8-11/h2-5,7-8,10,13,18H,6,9H2,1H3,(H,26,28)(H,30,31)/t10-,13-,18+/m1/s1. The van der Waals surface area contributed by atoms with Crippen molar-refractivity contribution < 1.29 is 37.7 Å². The van der Waals surface area contributed by atoms with Crippen molar-refractivity contribution in [1.29, 1.82) is 0 Å². The van der Waals surface area contributed by atoms with Gasteiger partial charge in [0.15, 0.2) is 11.5 Å². The molecule has 2 aliphatic heterocycles. The van der Waals surface area contributed by atoms with Crippen LogP contribution in [0.5, 0.6) is 11.5 Å². The molecule has 12 heteroatoms. The first kappa shape index (κ1) is 22.7. The number of halogens is 3. The van der Waals surface area contributed by atoms with Gasteiger partial charge < -0.3 is 24.8 Å². The van der Waals surface area contributed by atoms with Crippen molar-refractivity contribution in [1.82, 2.24) is 15.2 Å². The summed E-state index contributed by atoms with van der Waals surface area (Å²) in [6.45, 7) is 1.15. The quantitative estimate of drug-likeness (QED) is 0.460. The SMILES string of the molecule is C[C@@H](NC(=O)CN1C(=O)[C@H](Cc2ccc(Cl)nc2)[C@H]1C(=O)O)c1ccc2c(c1)OC(F)(F)O2. The van der Waals surface area contributed by atoms with Crippen LogP contribution in [-0.2, 0) is 20.8 Å². The van der Waals surface area contributed by atoms with Crippen LogP contribution in [0.1, 0.15) is 24.1 Å². The second-order valence-electron chi connectivity index (χ2n) is 7.71. The highest BCUT2D eigenvalue weighted by atomic mass is 35.5. The predicted molar refractivity (Wildman–Crippen MR) is 109 cm³/mol. The third-order valence-electron chi connectivity index (χ3n) is 5.43. The van der Waals surface area contributed by atoms with Crippen LogP contribution < -0.4 is 14.8 Å². The average Bonchev–Trinajstić information content (AvgIpc) is 3.06. The van der Waals surface area contributed by atoms with Crippen molar-refractivity contribution in [2.45, 2.75) is 31.7 Å². The van der Waals surface area contributed by atoms with Crippen LogP contribution >= 0.6 is 11.6 Å². The average molecular weight is 482 g/mol. The summed E-state index contributed by atoms with van der Waals surface area (Å²) in [5.41, 5.74) is 1.11. The summed E-state index contributed by atoms with van der Waals surface area (Å²) in [6, 6.07) is 5.49. The molecule has 4 rings (SSSR count). The monoisotopic (exact) mass is 481 g/mol. The fourth-order valence-corrected chi connectivity index (χ4v) is 3.95. The molecule has 1 saturated heterocycles. The van der Waals surface area contributed by atoms with E-state index < -0.39 is 48.6 Å². The van der Waals surface area contributed by atoms with E-state index in [4.69, 9.17) is 11.6 Å². The number of hydrogen-bond acceptors (Lipinski definition) is 6. The Morgan fingerprint density at radius 3 is 2.67 bits per heavy atom. The number of fused-ring (bicyclic) bond motifs is 1. The number of aromatic nitrogens is 1. The molecule has 3 heterocycles. The first-order valence-electron chi connectivity index (χ1n) is 9.87. The first-order chi connectivity index (χ1) is 15.5. The van der Waals surface area contributed by atoms with E-state index >= 15 is 0 Å². The van der Waals surface area contributed by atoms with Crippen LogP contribution in [0.4, 0.5) is 8.78 Å². The molecule has 0 saturated carbocycles. The van der Waals surface area contributed by atoms with Gasteiger partial charge in [-0.05, 0) is 42.7 Å². The zero-order chi connectivity index (χ0) is 23.9. The van der Waals surface area contributed by atoms with Crippen molar-refractivity contribution in [2.75, 3.05) is 6.54 Å². The van der Waals surface area contributed by atoms with E-state index in [1.165, 1.54) is 24.4 Å². The molecule has 174 valence electrons. The number of nitrogens with one attached hydrogen (secondary N) is 1. The summed E-state index contributed by atoms with van der Waals surface area (Å²) in [5.74, 6) is -3.41. The molecule has 0 bridgehead atoms. The number of likely N-dealkylation sites (tertiary alicyclic amines) is 1. The molecule has 2 aliphatic rings. The maximum atomic E-state index is 13.2. The van der Waals surface area contributed by atoms with Gasteiger partial charge in [-0.1, -0.05) is 23.7 Å². The number of ether oxygens (including phenoxy) is 2. The molecule has 9 nitrogen and oxygen atoms in total. The molecule has 0 aliphatic carbocycles. The van der Waals surface area contributed by atoms with Crippen molar-refractivity contribution in [3.8, 4) is 11.5 Å². The van der Waals surface area contributed by atoms with Crippen LogP contribution in [0.25, 0.3) is 0 Å². The number of alkyl halides is 2. The number of hydrogen-bond donors (Lipinski definition) is 2. The molecular weight excluding hydrogens is 464 g/mol. The van der Waals surface area contributed by atoms with Gasteiger partial charge in [0, 0.05) is 6.20 Å². The van der Waals surface area contributed by atoms with E-state index in [-0.39, 0.29) is 23.1 Å². The van der Waals surface area contributed by atoms with Crippen molar-refractivity contribution >= 4 is 29.4 Å². The van der Waals surface area contributed by atoms with Gasteiger partial charge in [0.2, 0.25) is 11.8 Å². The third kappa shape index (κ3) is 4.68. The summed E-state index contributed by atoms with van der Waals surface area (Å²) in [5, 5.41) is 12.5. The van der Waals surface area contributed by atoms with Crippen LogP contribution in [0.3, 0.4) is 0 Å². The van der Waals surface area contributed by atoms with Crippen LogP contribution in [0.2, 0.25) is 5.15 Å². The van der Waals surface area contributed by atoms with Gasteiger partial charge in [-0.25, -0.2) is 9.78 Å². The molecule has 0 unspecified atom stereocenters. The number of carboxylic acid groups (broad SMARTS) is 1. The maximum absolute atomic E-state index is 13.2. The summed E-state index contributed by atoms with van der Waals surface area (Å²) < 4.78 is 35.1. The molecule has 0 spiro atoms. The molecule has 2 amide bonds. The molecule has 2 aromatic rings. The molecule has 33 heavy (non-hydrogen) atoms. The number of aliphatic carboxylic acids is 1. The minimum Gasteiger partial charge on any atom is -0.480 e. The van der Waals surface area contributed by atoms with Crippen LogP contribution in [0.15, 0.2) is 36.5 Å². The number of carboxylic acids is 1. The molecule has 2 N–H and O–H groups in total. The third-order valence-corrected chi connectivity index (χ3v) is 5.65. The second-order valence-corrected chi connectivity index (χ2v) is 8.10. The number of carbonyl (C=O) groups excluding carboxylic acids is 2. The molecule has 1 aromatic heterocycles. The van der Waals surface area contributed by atoms with E-state index in [1.54, 1.807) is 19.1 Å². The molecule has 0 radical (unpaired) electrons. The summed E-state index contributed by atoms with van der Waals surface area (Å²) in [6.07, 6.45) is -2.14. The van der Waals surface area contributed by atoms with Gasteiger partial charge in [-0.2, -0.15) is 0 Å². The highest BCUT2D eigenvalue weighted by Gasteiger charge is 2.52. The van der Waals surface area contributed by atoms with E-state index in [0.717, 1.165) is 4.90 Å². The van der Waals surface area contributed by atoms with Crippen molar-refractivity contribution in [3.05, 3.63) is 52.8 Å². The molecule has 1 fully saturated rings. The Morgan fingerprint density at radius 2 is 2.00 bits per heavy atom. The van der Waals surface area contributed by atoms with E-state index in [0.29, 0.717) is 11.1 Å². The Kier molecular flexibility index (Phi) is 5.83. The van der Waals surface area contributed by atoms with Crippen LogP contribution in [-0.4, -0.2) is 51.7 Å². The Balaban J connectivity index is 1.37. The lowest BCUT2D eigenvalue weighted by Gasteiger charge is -2.44. The second kappa shape index (κ2) is 8.47. The fourth-order valence-electron chi connectivity index (χ4n) is 3.84. The Labute approximate surface area is 191 Å². The Bertz CT molecular complexity index is 1110. The van der Waals surface area contributed by atoms with Crippen molar-refractivity contribution in [3.63, 3.8) is 0 Å². The van der Waals surface area contributed by atoms with Gasteiger partial charge in [0.1, 0.15) is 17.7 Å². The topological polar surface area (TPSA) is 118 Å². The lowest BCUT2D eigenvalue weighted by Crippen LogP contribution is -2.66. The van der Waals surface area contributed by atoms with E-state index in [2.05, 4.69) is 19.8 Å². The van der Waals surface area contributed by atoms with E-state index in [9.17, 15) is 28.3 Å². The Morgan fingerprint density at radius 1 is 1.27 bits per heavy atom. The zero-order valence-electron chi connectivity index (χ0n) is 17.1. The largest absolute Gasteiger partial charge is 0.586 e. The molecular formula is C21H18ClF2N3O6. The smallest absolute Gasteiger partial charge is 0.480 e. The van der Waals surface area contributed by atoms with Crippen molar-refractivity contribution in [2.24, 2.45) is 5.92 Å². The highest BCUT2D eigenvalue weighted by molar-refractivity contribution is 6.29. The number of nitrogens with zero attached hydrogens (tertiary/aromatic N) is 2. The summed E-state index contributed by atoms with van der Waals surface area (Å²) >= 11 is 5.74. The number of β-lactam (4-membered cyclic amide) rings is 1. The van der Waals surface area contributed by atoms with Gasteiger partial charge in [-0.3, -0.25) is 9.59 Å². The van der Waals surface area contributed by atoms with Gasteiger partial charge >= 0.3 is 12.3 Å². The Hall–Kier alpha value is -3.47. The predicted octanol–water partition coefficient (Wildman–Crippen LogP) is 2.39. The molecule has 3 atom stereocenters. The highest BCUT2D eigenvalue weighted by Crippen LogP contribution is 2.42. The van der Waals surface area contributed by atoms with Gasteiger partial charge in [-0.15, -0.1) is 8.78 Å². The molecule has 1 aromatic carbocycles. The first-order valence-corrected chi connectivity index (χ1v) is 10.2. The fraction of sp³-hybridized carbons (Fsp3) is 0.333. The number of carbonyl (C=O) groups is 3. The van der Waals surface area contributed by atoms with Crippen LogP contribution in [0, 0.1) is 5.92 Å². The summed E-state index contributed by atoms with van der Waals surface area (Å²) in [7, 11) is 0. The normalized spacial score (nSPS) is 21.3. The zero-order valence-corrected chi connectivity index (χ0v) is 17.9. The number of rotatable bonds is 7. The van der Waals surface area contributed by atoms with E-state index in [1.807, 2.05) is 0 Å². The number of amides is 2. The lowest BCUT2D eigenvalue weighted by atomic mass is 9.82. The minimum atomic E-state index is -3.75. The lowest BCUT2D eigenvalue weighted by molar-refractivity contribution is -0.286.